The zero-order chi connectivity index (χ0) is 11.5. The Balaban J connectivity index is 2.08. The van der Waals surface area contributed by atoms with Crippen molar-refractivity contribution in [2.24, 2.45) is 0 Å². The van der Waals surface area contributed by atoms with Gasteiger partial charge in [-0.05, 0) is 30.2 Å². The summed E-state index contributed by atoms with van der Waals surface area (Å²) >= 11 is 1.61. The van der Waals surface area contributed by atoms with E-state index in [9.17, 15) is 13.6 Å². The molecule has 1 fully saturated rings. The van der Waals surface area contributed by atoms with Gasteiger partial charge in [0.15, 0.2) is 11.6 Å². The lowest BCUT2D eigenvalue weighted by molar-refractivity contribution is -0.118. The van der Waals surface area contributed by atoms with Crippen LogP contribution in [-0.2, 0) is 11.2 Å². The van der Waals surface area contributed by atoms with Crippen molar-refractivity contribution in [3.05, 3.63) is 35.4 Å². The lowest BCUT2D eigenvalue weighted by Gasteiger charge is -2.08. The molecule has 4 heteroatoms. The van der Waals surface area contributed by atoms with E-state index in [0.29, 0.717) is 0 Å². The van der Waals surface area contributed by atoms with Gasteiger partial charge in [-0.15, -0.1) is 0 Å². The minimum Gasteiger partial charge on any atom is -0.298 e. The molecule has 0 radical (unpaired) electrons. The van der Waals surface area contributed by atoms with Crippen molar-refractivity contribution in [3.8, 4) is 0 Å². The van der Waals surface area contributed by atoms with Crippen molar-refractivity contribution in [1.82, 2.24) is 0 Å². The molecular formula is C12H12F2OS. The van der Waals surface area contributed by atoms with Gasteiger partial charge < -0.3 is 0 Å². The fourth-order valence-corrected chi connectivity index (χ4v) is 3.04. The maximum absolute atomic E-state index is 13.3. The van der Waals surface area contributed by atoms with E-state index in [1.54, 1.807) is 11.8 Å². The summed E-state index contributed by atoms with van der Waals surface area (Å²) < 4.78 is 26.2. The van der Waals surface area contributed by atoms with Gasteiger partial charge in [0.2, 0.25) is 0 Å². The summed E-state index contributed by atoms with van der Waals surface area (Å²) in [6.07, 6.45) is 1.90. The standard InChI is InChI=1S/C12H12F2OS/c13-9-4-1-3-8(12(9)14)7-10(15)11-5-2-6-16-11/h1,3-4,11H,2,5-7H2. The van der Waals surface area contributed by atoms with Crippen molar-refractivity contribution in [1.29, 1.82) is 0 Å². The normalized spacial score (nSPS) is 20.0. The lowest BCUT2D eigenvalue weighted by Crippen LogP contribution is -2.17. The van der Waals surface area contributed by atoms with Crippen LogP contribution in [0.4, 0.5) is 8.78 Å². The van der Waals surface area contributed by atoms with Crippen molar-refractivity contribution in [3.63, 3.8) is 0 Å². The highest BCUT2D eigenvalue weighted by Gasteiger charge is 2.24. The zero-order valence-electron chi connectivity index (χ0n) is 8.71. The van der Waals surface area contributed by atoms with E-state index in [2.05, 4.69) is 0 Å². The first-order valence-corrected chi connectivity index (χ1v) is 6.30. The molecule has 0 bridgehead atoms. The summed E-state index contributed by atoms with van der Waals surface area (Å²) in [7, 11) is 0. The number of carbonyl (C=O) groups excluding carboxylic acids is 1. The lowest BCUT2D eigenvalue weighted by atomic mass is 10.0. The van der Waals surface area contributed by atoms with Crippen LogP contribution in [0.2, 0.25) is 0 Å². The molecule has 0 N–H and O–H groups in total. The van der Waals surface area contributed by atoms with Crippen LogP contribution in [0.25, 0.3) is 0 Å². The summed E-state index contributed by atoms with van der Waals surface area (Å²) in [5.41, 5.74) is 0.164. The first-order valence-electron chi connectivity index (χ1n) is 5.25. The Morgan fingerprint density at radius 1 is 1.44 bits per heavy atom. The number of ketones is 1. The van der Waals surface area contributed by atoms with Crippen LogP contribution in [0.15, 0.2) is 18.2 Å². The Bertz CT molecular complexity index is 400. The summed E-state index contributed by atoms with van der Waals surface area (Å²) in [5, 5.41) is -0.0253. The molecule has 1 heterocycles. The second-order valence-electron chi connectivity index (χ2n) is 3.86. The molecule has 86 valence electrons. The third-order valence-electron chi connectivity index (χ3n) is 2.69. The quantitative estimate of drug-likeness (QED) is 0.810. The van der Waals surface area contributed by atoms with Crippen LogP contribution in [0.3, 0.4) is 0 Å². The van der Waals surface area contributed by atoms with Gasteiger partial charge in [0.05, 0.1) is 5.25 Å². The van der Waals surface area contributed by atoms with Gasteiger partial charge in [-0.25, -0.2) is 8.78 Å². The van der Waals surface area contributed by atoms with Crippen molar-refractivity contribution < 1.29 is 13.6 Å². The molecule has 1 aliphatic heterocycles. The Labute approximate surface area is 97.2 Å². The maximum Gasteiger partial charge on any atom is 0.162 e. The molecular weight excluding hydrogens is 230 g/mol. The Morgan fingerprint density at radius 3 is 2.94 bits per heavy atom. The number of Topliss-reactive ketones (excluding diaryl/α,β-unsaturated/α-hetero) is 1. The molecule has 0 aromatic heterocycles. The van der Waals surface area contributed by atoms with E-state index in [1.165, 1.54) is 12.1 Å². The average molecular weight is 242 g/mol. The molecule has 2 rings (SSSR count). The van der Waals surface area contributed by atoms with E-state index in [0.717, 1.165) is 24.7 Å². The van der Waals surface area contributed by atoms with Gasteiger partial charge in [-0.2, -0.15) is 11.8 Å². The molecule has 1 aromatic carbocycles. The summed E-state index contributed by atoms with van der Waals surface area (Å²) in [5.74, 6) is -0.780. The highest BCUT2D eigenvalue weighted by Crippen LogP contribution is 2.28. The third-order valence-corrected chi connectivity index (χ3v) is 4.11. The molecule has 0 spiro atoms. The second kappa shape index (κ2) is 4.95. The number of hydrogen-bond acceptors (Lipinski definition) is 2. The number of rotatable bonds is 3. The molecule has 1 unspecified atom stereocenters. The number of benzene rings is 1. The third kappa shape index (κ3) is 2.43. The molecule has 0 aliphatic carbocycles. The van der Waals surface area contributed by atoms with Gasteiger partial charge >= 0.3 is 0 Å². The number of thioether (sulfide) groups is 1. The van der Waals surface area contributed by atoms with Crippen molar-refractivity contribution in [2.45, 2.75) is 24.5 Å². The Morgan fingerprint density at radius 2 is 2.25 bits per heavy atom. The van der Waals surface area contributed by atoms with Crippen molar-refractivity contribution in [2.75, 3.05) is 5.75 Å². The van der Waals surface area contributed by atoms with Crippen LogP contribution in [-0.4, -0.2) is 16.8 Å². The zero-order valence-corrected chi connectivity index (χ0v) is 9.53. The predicted octanol–water partition coefficient (Wildman–Crippen LogP) is 2.97. The number of carbonyl (C=O) groups is 1. The fourth-order valence-electron chi connectivity index (χ4n) is 1.82. The Kier molecular flexibility index (Phi) is 3.59. The Hall–Kier alpha value is -0.900. The van der Waals surface area contributed by atoms with Crippen LogP contribution in [0, 0.1) is 11.6 Å². The molecule has 0 amide bonds. The molecule has 1 nitrogen and oxygen atoms in total. The SMILES string of the molecule is O=C(Cc1cccc(F)c1F)C1CCCS1. The molecule has 16 heavy (non-hydrogen) atoms. The van der Waals surface area contributed by atoms with Crippen LogP contribution < -0.4 is 0 Å². The summed E-state index contributed by atoms with van der Waals surface area (Å²) in [6, 6.07) is 3.96. The van der Waals surface area contributed by atoms with Crippen LogP contribution in [0.5, 0.6) is 0 Å². The topological polar surface area (TPSA) is 17.1 Å². The first-order chi connectivity index (χ1) is 7.68. The first kappa shape index (κ1) is 11.6. The van der Waals surface area contributed by atoms with Crippen molar-refractivity contribution >= 4 is 17.5 Å². The second-order valence-corrected chi connectivity index (χ2v) is 5.17. The highest BCUT2D eigenvalue weighted by molar-refractivity contribution is 8.00. The monoisotopic (exact) mass is 242 g/mol. The number of halogens is 2. The van der Waals surface area contributed by atoms with E-state index in [1.807, 2.05) is 0 Å². The average Bonchev–Trinajstić information content (AvgIpc) is 2.78. The van der Waals surface area contributed by atoms with Gasteiger partial charge in [0.1, 0.15) is 5.78 Å². The van der Waals surface area contributed by atoms with Crippen LogP contribution >= 0.6 is 11.8 Å². The molecule has 0 saturated carbocycles. The number of hydrogen-bond donors (Lipinski definition) is 0. The predicted molar refractivity (Wildman–Crippen MR) is 60.5 cm³/mol. The molecule has 1 saturated heterocycles. The van der Waals surface area contributed by atoms with Gasteiger partial charge in [0.25, 0.3) is 0 Å². The molecule has 1 atom stereocenters. The van der Waals surface area contributed by atoms with Gasteiger partial charge in [-0.1, -0.05) is 12.1 Å². The van der Waals surface area contributed by atoms with E-state index >= 15 is 0 Å². The summed E-state index contributed by atoms with van der Waals surface area (Å²) in [6.45, 7) is 0. The van der Waals surface area contributed by atoms with E-state index < -0.39 is 11.6 Å². The molecule has 1 aliphatic rings. The van der Waals surface area contributed by atoms with Gasteiger partial charge in [0, 0.05) is 6.42 Å². The fraction of sp³-hybridized carbons (Fsp3) is 0.417. The minimum absolute atomic E-state index is 0.00125. The van der Waals surface area contributed by atoms with E-state index in [-0.39, 0.29) is 23.0 Å². The van der Waals surface area contributed by atoms with E-state index in [4.69, 9.17) is 0 Å². The van der Waals surface area contributed by atoms with Crippen LogP contribution in [0.1, 0.15) is 18.4 Å². The summed E-state index contributed by atoms with van der Waals surface area (Å²) in [4.78, 5) is 11.8. The smallest absolute Gasteiger partial charge is 0.162 e. The largest absolute Gasteiger partial charge is 0.298 e. The maximum atomic E-state index is 13.3. The van der Waals surface area contributed by atoms with Gasteiger partial charge in [-0.3, -0.25) is 4.79 Å². The highest BCUT2D eigenvalue weighted by atomic mass is 32.2. The molecule has 1 aromatic rings. The minimum atomic E-state index is -0.890.